The van der Waals surface area contributed by atoms with Crippen molar-refractivity contribution in [1.82, 2.24) is 5.32 Å². The molecule has 0 bridgehead atoms. The molecule has 3 aromatic rings. The lowest BCUT2D eigenvalue weighted by Crippen LogP contribution is -2.40. The molecule has 1 aliphatic rings. The molecule has 33 heavy (non-hydrogen) atoms. The molecule has 0 atom stereocenters. The lowest BCUT2D eigenvalue weighted by Gasteiger charge is -2.24. The molecule has 0 aliphatic carbocycles. The Balaban J connectivity index is 1.56. The number of rotatable bonds is 8. The molecule has 0 unspecified atom stereocenters. The fourth-order valence-corrected chi connectivity index (χ4v) is 4.77. The lowest BCUT2D eigenvalue weighted by molar-refractivity contribution is -0.119. The number of carbonyl (C=O) groups is 1. The maximum Gasteiger partial charge on any atom is 0.264 e. The monoisotopic (exact) mass is 468 g/mol. The Morgan fingerprint density at radius 2 is 1.79 bits per heavy atom. The number of aryl methyl sites for hydroxylation is 1. The van der Waals surface area contributed by atoms with E-state index in [0.717, 1.165) is 15.4 Å². The molecule has 9 heteroatoms. The van der Waals surface area contributed by atoms with Crippen LogP contribution >= 0.6 is 0 Å². The Bertz CT molecular complexity index is 1260. The van der Waals surface area contributed by atoms with Gasteiger partial charge in [0.15, 0.2) is 11.5 Å². The number of sulfonamides is 1. The average Bonchev–Trinajstić information content (AvgIpc) is 3.29. The first-order chi connectivity index (χ1) is 15.9. The van der Waals surface area contributed by atoms with Gasteiger partial charge in [0.1, 0.15) is 12.3 Å². The molecule has 0 aromatic heterocycles. The molecule has 0 spiro atoms. The Labute approximate surface area is 192 Å². The molecular weight excluding hydrogens is 444 g/mol. The van der Waals surface area contributed by atoms with Crippen LogP contribution in [0.1, 0.15) is 11.1 Å². The van der Waals surface area contributed by atoms with E-state index in [4.69, 9.17) is 14.2 Å². The van der Waals surface area contributed by atoms with E-state index in [1.807, 2.05) is 13.0 Å². The summed E-state index contributed by atoms with van der Waals surface area (Å²) in [5.74, 6) is 1.30. The molecule has 172 valence electrons. The number of anilines is 1. The molecule has 4 rings (SSSR count). The number of carbonyl (C=O) groups excluding carboxylic acids is 1. The van der Waals surface area contributed by atoms with E-state index >= 15 is 0 Å². The van der Waals surface area contributed by atoms with Crippen molar-refractivity contribution in [3.63, 3.8) is 0 Å². The second-order valence-electron chi connectivity index (χ2n) is 7.49. The van der Waals surface area contributed by atoms with E-state index in [-0.39, 0.29) is 18.2 Å². The number of nitrogens with one attached hydrogen (secondary N) is 1. The fourth-order valence-electron chi connectivity index (χ4n) is 3.36. The summed E-state index contributed by atoms with van der Waals surface area (Å²) in [6.45, 7) is 1.86. The standard InChI is InChI=1S/C24H24N2O6S/c1-17-6-9-21(10-7-17)33(28,29)26(19-4-3-5-20(13-19)30-2)15-24(27)25-14-18-8-11-22-23(12-18)32-16-31-22/h3-13H,14-16H2,1-2H3,(H,25,27). The van der Waals surface area contributed by atoms with Crippen molar-refractivity contribution < 1.29 is 27.4 Å². The third-order valence-electron chi connectivity index (χ3n) is 5.16. The van der Waals surface area contributed by atoms with E-state index in [0.29, 0.717) is 22.9 Å². The van der Waals surface area contributed by atoms with Gasteiger partial charge in [-0.25, -0.2) is 8.42 Å². The zero-order chi connectivity index (χ0) is 23.4. The average molecular weight is 469 g/mol. The first kappa shape index (κ1) is 22.5. The molecular formula is C24H24N2O6S. The van der Waals surface area contributed by atoms with E-state index in [1.165, 1.54) is 19.2 Å². The molecule has 0 fully saturated rings. The van der Waals surface area contributed by atoms with Crippen molar-refractivity contribution in [2.75, 3.05) is 24.8 Å². The van der Waals surface area contributed by atoms with Gasteiger partial charge in [0.05, 0.1) is 17.7 Å². The minimum atomic E-state index is -4.00. The number of hydrogen-bond acceptors (Lipinski definition) is 6. The van der Waals surface area contributed by atoms with Crippen molar-refractivity contribution in [1.29, 1.82) is 0 Å². The van der Waals surface area contributed by atoms with Gasteiger partial charge in [0, 0.05) is 12.6 Å². The Morgan fingerprint density at radius 3 is 2.55 bits per heavy atom. The Hall–Kier alpha value is -3.72. The van der Waals surface area contributed by atoms with Gasteiger partial charge in [-0.2, -0.15) is 0 Å². The van der Waals surface area contributed by atoms with Crippen LogP contribution in [-0.4, -0.2) is 34.8 Å². The molecule has 0 saturated carbocycles. The third-order valence-corrected chi connectivity index (χ3v) is 6.95. The number of hydrogen-bond donors (Lipinski definition) is 1. The first-order valence-corrected chi connectivity index (χ1v) is 11.7. The molecule has 0 saturated heterocycles. The molecule has 1 N–H and O–H groups in total. The van der Waals surface area contributed by atoms with Gasteiger partial charge in [-0.15, -0.1) is 0 Å². The summed E-state index contributed by atoms with van der Waals surface area (Å²) in [7, 11) is -2.51. The lowest BCUT2D eigenvalue weighted by atomic mass is 10.2. The fraction of sp³-hybridized carbons (Fsp3) is 0.208. The van der Waals surface area contributed by atoms with Gasteiger partial charge in [-0.1, -0.05) is 29.8 Å². The minimum Gasteiger partial charge on any atom is -0.497 e. The van der Waals surface area contributed by atoms with Gasteiger partial charge < -0.3 is 19.5 Å². The number of amides is 1. The van der Waals surface area contributed by atoms with E-state index in [9.17, 15) is 13.2 Å². The van der Waals surface area contributed by atoms with Gasteiger partial charge in [0.25, 0.3) is 10.0 Å². The molecule has 0 radical (unpaired) electrons. The van der Waals surface area contributed by atoms with E-state index < -0.39 is 22.5 Å². The number of fused-ring (bicyclic) bond motifs is 1. The van der Waals surface area contributed by atoms with Crippen LogP contribution in [0.3, 0.4) is 0 Å². The van der Waals surface area contributed by atoms with Crippen LogP contribution in [0.2, 0.25) is 0 Å². The zero-order valence-corrected chi connectivity index (χ0v) is 19.1. The summed E-state index contributed by atoms with van der Waals surface area (Å²) in [6, 6.07) is 18.5. The van der Waals surface area contributed by atoms with E-state index in [2.05, 4.69) is 5.32 Å². The number of methoxy groups -OCH3 is 1. The normalized spacial score (nSPS) is 12.3. The van der Waals surface area contributed by atoms with Crippen molar-refractivity contribution in [2.24, 2.45) is 0 Å². The number of ether oxygens (including phenoxy) is 3. The summed E-state index contributed by atoms with van der Waals surface area (Å²) in [6.07, 6.45) is 0. The van der Waals surface area contributed by atoms with Crippen LogP contribution in [0.25, 0.3) is 0 Å². The predicted molar refractivity (Wildman–Crippen MR) is 123 cm³/mol. The summed E-state index contributed by atoms with van der Waals surface area (Å²) < 4.78 is 43.9. The molecule has 1 amide bonds. The van der Waals surface area contributed by atoms with Crippen molar-refractivity contribution in [3.05, 3.63) is 77.9 Å². The Kier molecular flexibility index (Phi) is 6.41. The number of nitrogens with zero attached hydrogens (tertiary/aromatic N) is 1. The molecule has 1 heterocycles. The van der Waals surface area contributed by atoms with Crippen LogP contribution in [0, 0.1) is 6.92 Å². The minimum absolute atomic E-state index is 0.0968. The van der Waals surface area contributed by atoms with Crippen molar-refractivity contribution in [3.8, 4) is 17.2 Å². The largest absolute Gasteiger partial charge is 0.497 e. The zero-order valence-electron chi connectivity index (χ0n) is 18.3. The van der Waals surface area contributed by atoms with Crippen LogP contribution < -0.4 is 23.8 Å². The first-order valence-electron chi connectivity index (χ1n) is 10.3. The van der Waals surface area contributed by atoms with Gasteiger partial charge in [0.2, 0.25) is 12.7 Å². The summed E-state index contributed by atoms with van der Waals surface area (Å²) in [5, 5.41) is 2.78. The van der Waals surface area contributed by atoms with E-state index in [1.54, 1.807) is 48.5 Å². The van der Waals surface area contributed by atoms with Crippen molar-refractivity contribution in [2.45, 2.75) is 18.4 Å². The maximum absolute atomic E-state index is 13.5. The van der Waals surface area contributed by atoms with Crippen molar-refractivity contribution >= 4 is 21.6 Å². The van der Waals surface area contributed by atoms with Gasteiger partial charge in [-0.3, -0.25) is 9.10 Å². The quantitative estimate of drug-likeness (QED) is 0.546. The highest BCUT2D eigenvalue weighted by Gasteiger charge is 2.27. The van der Waals surface area contributed by atoms with Crippen LogP contribution in [0.5, 0.6) is 17.2 Å². The topological polar surface area (TPSA) is 94.2 Å². The third kappa shape index (κ3) is 5.04. The highest BCUT2D eigenvalue weighted by atomic mass is 32.2. The smallest absolute Gasteiger partial charge is 0.264 e. The van der Waals surface area contributed by atoms with Gasteiger partial charge in [-0.05, 0) is 48.9 Å². The summed E-state index contributed by atoms with van der Waals surface area (Å²) in [4.78, 5) is 12.9. The molecule has 8 nitrogen and oxygen atoms in total. The second-order valence-corrected chi connectivity index (χ2v) is 9.35. The molecule has 3 aromatic carbocycles. The predicted octanol–water partition coefficient (Wildman–Crippen LogP) is 3.24. The maximum atomic E-state index is 13.5. The number of benzene rings is 3. The second kappa shape index (κ2) is 9.41. The SMILES string of the molecule is COc1cccc(N(CC(=O)NCc2ccc3c(c2)OCO3)S(=O)(=O)c2ccc(C)cc2)c1. The highest BCUT2D eigenvalue weighted by Crippen LogP contribution is 2.32. The van der Waals surface area contributed by atoms with Gasteiger partial charge >= 0.3 is 0 Å². The van der Waals surface area contributed by atoms with Crippen LogP contribution in [-0.2, 0) is 21.4 Å². The molecule has 1 aliphatic heterocycles. The van der Waals surface area contributed by atoms with Crippen LogP contribution in [0.15, 0.2) is 71.6 Å². The summed E-state index contributed by atoms with van der Waals surface area (Å²) >= 11 is 0. The highest BCUT2D eigenvalue weighted by molar-refractivity contribution is 7.92. The Morgan fingerprint density at radius 1 is 1.03 bits per heavy atom. The van der Waals surface area contributed by atoms with Crippen LogP contribution in [0.4, 0.5) is 5.69 Å². The summed E-state index contributed by atoms with van der Waals surface area (Å²) in [5.41, 5.74) is 2.07.